The van der Waals surface area contributed by atoms with Crippen LogP contribution in [0.3, 0.4) is 0 Å². The summed E-state index contributed by atoms with van der Waals surface area (Å²) in [4.78, 5) is 54.3. The minimum atomic E-state index is -1.14. The van der Waals surface area contributed by atoms with Crippen molar-refractivity contribution in [2.75, 3.05) is 13.7 Å². The van der Waals surface area contributed by atoms with Gasteiger partial charge in [-0.15, -0.1) is 0 Å². The molecule has 45 heavy (non-hydrogen) atoms. The molecular weight excluding hydrogens is 588 g/mol. The van der Waals surface area contributed by atoms with Crippen molar-refractivity contribution in [3.63, 3.8) is 0 Å². The van der Waals surface area contributed by atoms with Crippen LogP contribution in [0.4, 0.5) is 0 Å². The number of carbonyl (C=O) groups excluding carboxylic acids is 3. The number of hydrogen-bond donors (Lipinski definition) is 3. The van der Waals surface area contributed by atoms with Crippen molar-refractivity contribution < 1.29 is 58.2 Å². The fraction of sp³-hybridized carbons (Fsp3) is 0.121. The molecule has 0 saturated heterocycles. The summed E-state index contributed by atoms with van der Waals surface area (Å²) in [6.45, 7) is -0.0744. The van der Waals surface area contributed by atoms with Crippen molar-refractivity contribution in [1.82, 2.24) is 0 Å². The third-order valence-corrected chi connectivity index (χ3v) is 5.97. The highest BCUT2D eigenvalue weighted by Crippen LogP contribution is 2.24. The van der Waals surface area contributed by atoms with E-state index in [4.69, 9.17) is 24.4 Å². The van der Waals surface area contributed by atoms with Gasteiger partial charge in [0.2, 0.25) is 0 Å². The molecule has 0 atom stereocenters. The Kier molecular flexibility index (Phi) is 12.2. The number of ether oxygens (including phenoxy) is 4. The zero-order chi connectivity index (χ0) is 32.8. The molecule has 0 aromatic heterocycles. The van der Waals surface area contributed by atoms with E-state index in [2.05, 4.69) is 4.74 Å². The SMILES string of the molecule is COC(=O)c1ccc(COc2ccc(O)c(C=O)c2)cc1.O=Cc1cc(OCc2ccc(C(=O)O)cc2)ccc1OCC(=O)O. The van der Waals surface area contributed by atoms with E-state index in [9.17, 15) is 29.1 Å². The molecule has 232 valence electrons. The Morgan fingerprint density at radius 3 is 1.67 bits per heavy atom. The van der Waals surface area contributed by atoms with E-state index in [-0.39, 0.29) is 41.4 Å². The molecule has 0 amide bonds. The summed E-state index contributed by atoms with van der Waals surface area (Å²) in [7, 11) is 1.33. The number of benzene rings is 4. The molecule has 12 heteroatoms. The molecule has 4 aromatic carbocycles. The number of carbonyl (C=O) groups is 5. The number of aldehydes is 2. The number of aromatic carboxylic acids is 1. The maximum atomic E-state index is 11.3. The van der Waals surface area contributed by atoms with Crippen LogP contribution >= 0.6 is 0 Å². The maximum absolute atomic E-state index is 11.3. The third kappa shape index (κ3) is 10.3. The standard InChI is InChI=1S/C17H14O7.C16H14O5/c18-8-13-7-14(5-6-15(13)24-10-16(19)20)23-9-11-1-3-12(4-2-11)17(21)22;1-20-16(19)12-4-2-11(3-5-12)10-21-14-6-7-15(18)13(8-14)9-17/h1-8H,9-10H2,(H,19,20)(H,21,22);2-9,18H,10H2,1H3. The summed E-state index contributed by atoms with van der Waals surface area (Å²) in [5, 5.41) is 26.8. The number of aromatic hydroxyl groups is 1. The topological polar surface area (TPSA) is 183 Å². The molecule has 0 unspecified atom stereocenters. The summed E-state index contributed by atoms with van der Waals surface area (Å²) in [5.74, 6) is -1.58. The first kappa shape index (κ1) is 33.3. The van der Waals surface area contributed by atoms with Crippen LogP contribution in [-0.2, 0) is 22.7 Å². The second-order valence-electron chi connectivity index (χ2n) is 9.11. The van der Waals surface area contributed by atoms with E-state index < -0.39 is 24.5 Å². The predicted molar refractivity (Wildman–Crippen MR) is 158 cm³/mol. The number of rotatable bonds is 13. The minimum absolute atomic E-state index is 0.0835. The van der Waals surface area contributed by atoms with Gasteiger partial charge in [0.25, 0.3) is 0 Å². The molecule has 0 spiro atoms. The zero-order valence-corrected chi connectivity index (χ0v) is 23.9. The van der Waals surface area contributed by atoms with Gasteiger partial charge in [0.1, 0.15) is 36.2 Å². The molecule has 0 bridgehead atoms. The highest BCUT2D eigenvalue weighted by Gasteiger charge is 2.09. The third-order valence-electron chi connectivity index (χ3n) is 5.97. The van der Waals surface area contributed by atoms with Gasteiger partial charge >= 0.3 is 17.9 Å². The Morgan fingerprint density at radius 1 is 0.667 bits per heavy atom. The molecule has 0 aliphatic carbocycles. The van der Waals surface area contributed by atoms with Crippen molar-refractivity contribution >= 4 is 30.5 Å². The fourth-order valence-corrected chi connectivity index (χ4v) is 3.63. The van der Waals surface area contributed by atoms with Gasteiger partial charge in [0.05, 0.1) is 29.4 Å². The second-order valence-corrected chi connectivity index (χ2v) is 9.11. The first-order chi connectivity index (χ1) is 21.6. The fourth-order valence-electron chi connectivity index (χ4n) is 3.63. The number of carboxylic acids is 2. The lowest BCUT2D eigenvalue weighted by Gasteiger charge is -2.10. The Hall–Kier alpha value is -6.17. The van der Waals surface area contributed by atoms with Gasteiger partial charge in [0.15, 0.2) is 19.2 Å². The van der Waals surface area contributed by atoms with Crippen molar-refractivity contribution in [3.05, 3.63) is 118 Å². The van der Waals surface area contributed by atoms with E-state index in [1.807, 2.05) is 0 Å². The first-order valence-corrected chi connectivity index (χ1v) is 13.1. The van der Waals surface area contributed by atoms with Gasteiger partial charge in [-0.1, -0.05) is 24.3 Å². The van der Waals surface area contributed by atoms with E-state index in [1.165, 1.54) is 43.5 Å². The van der Waals surface area contributed by atoms with Crippen LogP contribution in [0.2, 0.25) is 0 Å². The van der Waals surface area contributed by atoms with Gasteiger partial charge in [-0.25, -0.2) is 14.4 Å². The Bertz CT molecular complexity index is 1640. The number of phenolic OH excluding ortho intramolecular Hbond substituents is 1. The monoisotopic (exact) mass is 616 g/mol. The van der Waals surface area contributed by atoms with Crippen LogP contribution in [0.1, 0.15) is 52.6 Å². The van der Waals surface area contributed by atoms with Gasteiger partial charge < -0.3 is 34.3 Å². The number of esters is 1. The average molecular weight is 617 g/mol. The van der Waals surface area contributed by atoms with Crippen LogP contribution in [0.15, 0.2) is 84.9 Å². The van der Waals surface area contributed by atoms with Gasteiger partial charge in [-0.2, -0.15) is 0 Å². The van der Waals surface area contributed by atoms with Crippen molar-refractivity contribution in [1.29, 1.82) is 0 Å². The second kappa shape index (κ2) is 16.5. The first-order valence-electron chi connectivity index (χ1n) is 13.1. The maximum Gasteiger partial charge on any atom is 0.341 e. The normalized spacial score (nSPS) is 9.98. The lowest BCUT2D eigenvalue weighted by Crippen LogP contribution is -2.10. The predicted octanol–water partition coefficient (Wildman–Crippen LogP) is 4.81. The van der Waals surface area contributed by atoms with Crippen molar-refractivity contribution in [3.8, 4) is 23.0 Å². The summed E-state index contributed by atoms with van der Waals surface area (Å²) < 4.78 is 20.7. The van der Waals surface area contributed by atoms with Crippen LogP contribution in [-0.4, -0.2) is 59.5 Å². The molecule has 0 fully saturated rings. The van der Waals surface area contributed by atoms with Gasteiger partial charge in [-0.3, -0.25) is 9.59 Å². The molecule has 0 saturated carbocycles. The summed E-state index contributed by atoms with van der Waals surface area (Å²) in [5.41, 5.74) is 2.63. The molecule has 12 nitrogen and oxygen atoms in total. The highest BCUT2D eigenvalue weighted by molar-refractivity contribution is 5.89. The number of phenols is 1. The molecule has 0 heterocycles. The van der Waals surface area contributed by atoms with Crippen molar-refractivity contribution in [2.45, 2.75) is 13.2 Å². The summed E-state index contributed by atoms with van der Waals surface area (Å²) in [6, 6.07) is 21.9. The molecule has 4 aromatic rings. The Labute approximate surface area is 257 Å². The van der Waals surface area contributed by atoms with E-state index in [0.29, 0.717) is 29.6 Å². The van der Waals surface area contributed by atoms with Crippen LogP contribution in [0, 0.1) is 0 Å². The Morgan fingerprint density at radius 2 is 1.18 bits per heavy atom. The average Bonchev–Trinajstić information content (AvgIpc) is 3.06. The number of carboxylic acid groups (broad SMARTS) is 2. The van der Waals surface area contributed by atoms with Gasteiger partial charge in [-0.05, 0) is 71.8 Å². The Balaban J connectivity index is 0.000000248. The molecule has 4 rings (SSSR count). The zero-order valence-electron chi connectivity index (χ0n) is 23.9. The van der Waals surface area contributed by atoms with E-state index in [0.717, 1.165) is 11.1 Å². The quantitative estimate of drug-likeness (QED) is 0.138. The van der Waals surface area contributed by atoms with Crippen LogP contribution in [0.5, 0.6) is 23.0 Å². The van der Waals surface area contributed by atoms with E-state index >= 15 is 0 Å². The number of aliphatic carboxylic acids is 1. The highest BCUT2D eigenvalue weighted by atomic mass is 16.5. The molecule has 3 N–H and O–H groups in total. The summed E-state index contributed by atoms with van der Waals surface area (Å²) in [6.07, 6.45) is 1.11. The van der Waals surface area contributed by atoms with Crippen LogP contribution in [0.25, 0.3) is 0 Å². The van der Waals surface area contributed by atoms with Crippen LogP contribution < -0.4 is 14.2 Å². The smallest absolute Gasteiger partial charge is 0.341 e. The largest absolute Gasteiger partial charge is 0.507 e. The molecular formula is C33H28O12. The number of methoxy groups -OCH3 is 1. The summed E-state index contributed by atoms with van der Waals surface area (Å²) >= 11 is 0. The number of hydrogen-bond acceptors (Lipinski definition) is 10. The van der Waals surface area contributed by atoms with E-state index in [1.54, 1.807) is 48.5 Å². The van der Waals surface area contributed by atoms with Crippen molar-refractivity contribution in [2.24, 2.45) is 0 Å². The lowest BCUT2D eigenvalue weighted by atomic mass is 10.1. The lowest BCUT2D eigenvalue weighted by molar-refractivity contribution is -0.139. The minimum Gasteiger partial charge on any atom is -0.507 e. The molecule has 0 aliphatic rings. The van der Waals surface area contributed by atoms with Gasteiger partial charge in [0, 0.05) is 0 Å². The molecule has 0 aliphatic heterocycles. The molecule has 0 radical (unpaired) electrons.